The fourth-order valence-corrected chi connectivity index (χ4v) is 1.95. The van der Waals surface area contributed by atoms with Crippen LogP contribution in [0.25, 0.3) is 0 Å². The molecule has 0 heterocycles. The summed E-state index contributed by atoms with van der Waals surface area (Å²) in [4.78, 5) is 11.8. The number of aliphatic hydroxyl groups excluding tert-OH is 1. The molecule has 2 rings (SSSR count). The lowest BCUT2D eigenvalue weighted by atomic mass is 10.1. The smallest absolute Gasteiger partial charge is 0.319 e. The first-order chi connectivity index (χ1) is 10.2. The molecule has 21 heavy (non-hydrogen) atoms. The number of hydrogen-bond acceptors (Lipinski definition) is 2. The number of benzene rings is 2. The molecule has 3 N–H and O–H groups in total. The van der Waals surface area contributed by atoms with Gasteiger partial charge < -0.3 is 15.7 Å². The summed E-state index contributed by atoms with van der Waals surface area (Å²) in [6, 6.07) is 14.2. The van der Waals surface area contributed by atoms with Crippen molar-refractivity contribution >= 4 is 11.7 Å². The summed E-state index contributed by atoms with van der Waals surface area (Å²) in [6.07, 6.45) is 0.536. The first-order valence-corrected chi connectivity index (χ1v) is 6.65. The third kappa shape index (κ3) is 4.89. The number of amides is 2. The van der Waals surface area contributed by atoms with Gasteiger partial charge in [-0.1, -0.05) is 30.3 Å². The van der Waals surface area contributed by atoms with E-state index < -0.39 is 6.03 Å². The quantitative estimate of drug-likeness (QED) is 0.792. The van der Waals surface area contributed by atoms with Crippen molar-refractivity contribution in [1.29, 1.82) is 0 Å². The summed E-state index contributed by atoms with van der Waals surface area (Å²) < 4.78 is 12.8. The van der Waals surface area contributed by atoms with Gasteiger partial charge in [-0.2, -0.15) is 0 Å². The SMILES string of the molecule is O=C(Nc1ccc(F)cc1)N[C@H](CO)Cc1ccccc1. The predicted molar refractivity (Wildman–Crippen MR) is 79.6 cm³/mol. The molecular formula is C16H17FN2O2. The van der Waals surface area contributed by atoms with Crippen LogP contribution in [-0.2, 0) is 6.42 Å². The lowest BCUT2D eigenvalue weighted by Gasteiger charge is -2.17. The Bertz CT molecular complexity index is 573. The van der Waals surface area contributed by atoms with E-state index >= 15 is 0 Å². The van der Waals surface area contributed by atoms with Crippen LogP contribution in [0.4, 0.5) is 14.9 Å². The molecule has 1 atom stereocenters. The van der Waals surface area contributed by atoms with Gasteiger partial charge >= 0.3 is 6.03 Å². The van der Waals surface area contributed by atoms with Gasteiger partial charge in [0.25, 0.3) is 0 Å². The van der Waals surface area contributed by atoms with Gasteiger partial charge in [0.15, 0.2) is 0 Å². The summed E-state index contributed by atoms with van der Waals surface area (Å²) in [5.74, 6) is -0.363. The zero-order valence-electron chi connectivity index (χ0n) is 11.4. The lowest BCUT2D eigenvalue weighted by Crippen LogP contribution is -2.41. The lowest BCUT2D eigenvalue weighted by molar-refractivity contribution is 0.224. The highest BCUT2D eigenvalue weighted by Crippen LogP contribution is 2.08. The number of halogens is 1. The number of aliphatic hydroxyl groups is 1. The second-order valence-corrected chi connectivity index (χ2v) is 4.67. The van der Waals surface area contributed by atoms with Crippen molar-refractivity contribution in [3.8, 4) is 0 Å². The van der Waals surface area contributed by atoms with E-state index in [0.29, 0.717) is 12.1 Å². The van der Waals surface area contributed by atoms with Gasteiger partial charge in [0.1, 0.15) is 5.82 Å². The normalized spacial score (nSPS) is 11.7. The Morgan fingerprint density at radius 1 is 1.10 bits per heavy atom. The zero-order chi connectivity index (χ0) is 15.1. The summed E-state index contributed by atoms with van der Waals surface area (Å²) in [7, 11) is 0. The van der Waals surface area contributed by atoms with Crippen molar-refractivity contribution in [3.05, 3.63) is 66.0 Å². The number of carbonyl (C=O) groups excluding carboxylic acids is 1. The highest BCUT2D eigenvalue weighted by molar-refractivity contribution is 5.89. The van der Waals surface area contributed by atoms with Crippen LogP contribution in [0.5, 0.6) is 0 Å². The van der Waals surface area contributed by atoms with Crippen LogP contribution in [0, 0.1) is 5.82 Å². The van der Waals surface area contributed by atoms with Gasteiger partial charge in [0.05, 0.1) is 12.6 Å². The minimum Gasteiger partial charge on any atom is -0.394 e. The maximum atomic E-state index is 12.8. The summed E-state index contributed by atoms with van der Waals surface area (Å²) in [6.45, 7) is -0.161. The summed E-state index contributed by atoms with van der Waals surface area (Å²) in [5, 5.41) is 14.6. The second-order valence-electron chi connectivity index (χ2n) is 4.67. The third-order valence-electron chi connectivity index (χ3n) is 2.98. The molecule has 2 amide bonds. The molecular weight excluding hydrogens is 271 g/mol. The fraction of sp³-hybridized carbons (Fsp3) is 0.188. The summed E-state index contributed by atoms with van der Waals surface area (Å²) >= 11 is 0. The maximum Gasteiger partial charge on any atom is 0.319 e. The molecule has 0 saturated heterocycles. The summed E-state index contributed by atoms with van der Waals surface area (Å²) in [5.41, 5.74) is 1.52. The third-order valence-corrected chi connectivity index (χ3v) is 2.98. The molecule has 2 aromatic rings. The van der Waals surface area contributed by atoms with Gasteiger partial charge in [-0.05, 0) is 36.2 Å². The Labute approximate surface area is 122 Å². The molecule has 110 valence electrons. The van der Waals surface area contributed by atoms with Crippen molar-refractivity contribution in [2.75, 3.05) is 11.9 Å². The largest absolute Gasteiger partial charge is 0.394 e. The monoisotopic (exact) mass is 288 g/mol. The van der Waals surface area contributed by atoms with E-state index in [0.717, 1.165) is 5.56 Å². The van der Waals surface area contributed by atoms with E-state index in [2.05, 4.69) is 10.6 Å². The minimum absolute atomic E-state index is 0.161. The van der Waals surface area contributed by atoms with E-state index in [1.807, 2.05) is 30.3 Å². The fourth-order valence-electron chi connectivity index (χ4n) is 1.95. The molecule has 0 aliphatic rings. The molecule has 5 heteroatoms. The van der Waals surface area contributed by atoms with E-state index in [1.165, 1.54) is 24.3 Å². The van der Waals surface area contributed by atoms with Crippen LogP contribution in [0.2, 0.25) is 0 Å². The van der Waals surface area contributed by atoms with Crippen molar-refractivity contribution in [1.82, 2.24) is 5.32 Å². The average molecular weight is 288 g/mol. The van der Waals surface area contributed by atoms with Crippen molar-refractivity contribution in [2.45, 2.75) is 12.5 Å². The molecule has 0 aromatic heterocycles. The topological polar surface area (TPSA) is 61.4 Å². The number of hydrogen-bond donors (Lipinski definition) is 3. The Balaban J connectivity index is 1.89. The zero-order valence-corrected chi connectivity index (χ0v) is 11.4. The minimum atomic E-state index is -0.434. The van der Waals surface area contributed by atoms with Crippen LogP contribution in [0.1, 0.15) is 5.56 Å². The van der Waals surface area contributed by atoms with Crippen molar-refractivity contribution in [3.63, 3.8) is 0 Å². The molecule has 0 unspecified atom stereocenters. The van der Waals surface area contributed by atoms with Crippen molar-refractivity contribution in [2.24, 2.45) is 0 Å². The van der Waals surface area contributed by atoms with Crippen LogP contribution in [-0.4, -0.2) is 23.8 Å². The molecule has 0 saturated carbocycles. The Kier molecular flexibility index (Phi) is 5.29. The van der Waals surface area contributed by atoms with Gasteiger partial charge in [-0.3, -0.25) is 0 Å². The Morgan fingerprint density at radius 2 is 1.76 bits per heavy atom. The highest BCUT2D eigenvalue weighted by atomic mass is 19.1. The number of nitrogens with one attached hydrogen (secondary N) is 2. The molecule has 0 aliphatic carbocycles. The van der Waals surface area contributed by atoms with Gasteiger partial charge in [0, 0.05) is 5.69 Å². The number of carbonyl (C=O) groups is 1. The number of urea groups is 1. The second kappa shape index (κ2) is 7.40. The van der Waals surface area contributed by atoms with Crippen LogP contribution < -0.4 is 10.6 Å². The molecule has 0 spiro atoms. The standard InChI is InChI=1S/C16H17FN2O2/c17-13-6-8-14(9-7-13)18-16(21)19-15(11-20)10-12-4-2-1-3-5-12/h1-9,15,20H,10-11H2,(H2,18,19,21)/t15-/m0/s1. The van der Waals surface area contributed by atoms with Crippen LogP contribution >= 0.6 is 0 Å². The van der Waals surface area contributed by atoms with E-state index in [1.54, 1.807) is 0 Å². The molecule has 0 aliphatic heterocycles. The maximum absolute atomic E-state index is 12.8. The molecule has 2 aromatic carbocycles. The van der Waals surface area contributed by atoms with Crippen LogP contribution in [0.15, 0.2) is 54.6 Å². The molecule has 4 nitrogen and oxygen atoms in total. The first-order valence-electron chi connectivity index (χ1n) is 6.65. The molecule has 0 radical (unpaired) electrons. The molecule has 0 bridgehead atoms. The Morgan fingerprint density at radius 3 is 2.38 bits per heavy atom. The number of rotatable bonds is 5. The first kappa shape index (κ1) is 15.0. The van der Waals surface area contributed by atoms with Gasteiger partial charge in [-0.15, -0.1) is 0 Å². The Hall–Kier alpha value is -2.40. The highest BCUT2D eigenvalue weighted by Gasteiger charge is 2.12. The van der Waals surface area contributed by atoms with Crippen molar-refractivity contribution < 1.29 is 14.3 Å². The van der Waals surface area contributed by atoms with Gasteiger partial charge in [-0.25, -0.2) is 9.18 Å². The average Bonchev–Trinajstić information content (AvgIpc) is 2.50. The van der Waals surface area contributed by atoms with E-state index in [9.17, 15) is 14.3 Å². The van der Waals surface area contributed by atoms with Crippen LogP contribution in [0.3, 0.4) is 0 Å². The number of anilines is 1. The van der Waals surface area contributed by atoms with Gasteiger partial charge in [0.2, 0.25) is 0 Å². The molecule has 0 fully saturated rings. The van der Waals surface area contributed by atoms with E-state index in [4.69, 9.17) is 0 Å². The predicted octanol–water partition coefficient (Wildman–Crippen LogP) is 2.55. The van der Waals surface area contributed by atoms with E-state index in [-0.39, 0.29) is 18.5 Å².